The van der Waals surface area contributed by atoms with Crippen LogP contribution in [0.4, 0.5) is 0 Å². The molecule has 0 aliphatic carbocycles. The summed E-state index contributed by atoms with van der Waals surface area (Å²) in [5.74, 6) is 0. The molecule has 0 fully saturated rings. The van der Waals surface area contributed by atoms with Crippen LogP contribution in [-0.2, 0) is 9.09 Å². The third kappa shape index (κ3) is 4.12. The lowest BCUT2D eigenvalue weighted by atomic mass is 11.2. The molecule has 0 rings (SSSR count). The summed E-state index contributed by atoms with van der Waals surface area (Å²) in [6.07, 6.45) is 0. The largest absolute Gasteiger partial charge is 0.401 e. The Labute approximate surface area is 45.6 Å². The van der Waals surface area contributed by atoms with Crippen molar-refractivity contribution < 1.29 is 9.09 Å². The molecule has 0 amide bonds. The maximum absolute atomic E-state index is 9.40. The van der Waals surface area contributed by atoms with E-state index >= 15 is 0 Å². The van der Waals surface area contributed by atoms with Gasteiger partial charge in [0.25, 0.3) is 0 Å². The number of halogens is 1. The average molecular weight is 169 g/mol. The zero-order valence-corrected chi connectivity index (χ0v) is 5.33. The van der Waals surface area contributed by atoms with Gasteiger partial charge in [-0.05, 0) is 22.5 Å². The van der Waals surface area contributed by atoms with Crippen molar-refractivity contribution in [3.63, 3.8) is 0 Å². The van der Waals surface area contributed by atoms with Crippen molar-refractivity contribution in [2.75, 3.05) is 0 Å². The first-order chi connectivity index (χ1) is 2.77. The second-order valence-corrected chi connectivity index (χ2v) is 1.74. The summed E-state index contributed by atoms with van der Waals surface area (Å²) in [6.45, 7) is 3.23. The van der Waals surface area contributed by atoms with E-state index in [1.807, 2.05) is 0 Å². The van der Waals surface area contributed by atoms with Gasteiger partial charge < -0.3 is 4.52 Å². The molecule has 0 N–H and O–H groups in total. The summed E-state index contributed by atoms with van der Waals surface area (Å²) in [5, 5.41) is 0. The minimum Gasteiger partial charge on any atom is -0.401 e. The summed E-state index contributed by atoms with van der Waals surface area (Å²) >= 11 is 2.81. The second-order valence-electron chi connectivity index (χ2n) is 0.521. The number of hydrogen-bond donors (Lipinski definition) is 0. The van der Waals surface area contributed by atoms with Gasteiger partial charge in [0.2, 0.25) is 0 Å². The van der Waals surface area contributed by atoms with Gasteiger partial charge in [0, 0.05) is 0 Å². The zero-order valence-electron chi connectivity index (χ0n) is 2.85. The highest BCUT2D eigenvalue weighted by atomic mass is 79.9. The van der Waals surface area contributed by atoms with E-state index in [4.69, 9.17) is 0 Å². The van der Waals surface area contributed by atoms with Gasteiger partial charge >= 0.3 is 8.69 Å². The smallest absolute Gasteiger partial charge is 0.396 e. The van der Waals surface area contributed by atoms with Gasteiger partial charge in [0.1, 0.15) is 0 Å². The third-order valence-corrected chi connectivity index (χ3v) is 0.843. The third-order valence-electron chi connectivity index (χ3n) is 0.136. The molecule has 4 heteroatoms. The van der Waals surface area contributed by atoms with Crippen molar-refractivity contribution in [1.82, 2.24) is 0 Å². The lowest BCUT2D eigenvalue weighted by Crippen LogP contribution is -1.55. The Kier molecular flexibility index (Phi) is 3.38. The van der Waals surface area contributed by atoms with E-state index < -0.39 is 0 Å². The van der Waals surface area contributed by atoms with Crippen LogP contribution in [0.25, 0.3) is 0 Å². The topological polar surface area (TPSA) is 26.3 Å². The standard InChI is InChI=1S/C2H2BrO2P/c1-2(3)5-6-4/h1H2. The highest BCUT2D eigenvalue weighted by Gasteiger charge is 1.78. The van der Waals surface area contributed by atoms with E-state index in [1.54, 1.807) is 0 Å². The van der Waals surface area contributed by atoms with Crippen molar-refractivity contribution in [3.05, 3.63) is 11.2 Å². The second kappa shape index (κ2) is 3.32. The summed E-state index contributed by atoms with van der Waals surface area (Å²) in [7, 11) is -0.372. The first kappa shape index (κ1) is 6.12. The summed E-state index contributed by atoms with van der Waals surface area (Å²) in [4.78, 5) is 0. The molecular weight excluding hydrogens is 167 g/mol. The molecule has 0 saturated heterocycles. The predicted molar refractivity (Wildman–Crippen MR) is 26.8 cm³/mol. The molecule has 34 valence electrons. The number of rotatable bonds is 2. The van der Waals surface area contributed by atoms with Gasteiger partial charge in [-0.1, -0.05) is 0 Å². The van der Waals surface area contributed by atoms with Crippen LogP contribution in [0.3, 0.4) is 0 Å². The molecule has 0 aromatic rings. The van der Waals surface area contributed by atoms with Crippen LogP contribution in [0.1, 0.15) is 0 Å². The Morgan fingerprint density at radius 1 is 2.00 bits per heavy atom. The molecule has 0 aliphatic rings. The van der Waals surface area contributed by atoms with Gasteiger partial charge in [0.05, 0.1) is 0 Å². The minimum atomic E-state index is -0.372. The predicted octanol–water partition coefficient (Wildman–Crippen LogP) is 2.08. The summed E-state index contributed by atoms with van der Waals surface area (Å²) in [6, 6.07) is 0. The Bertz CT molecular complexity index is 71.9. The molecule has 0 aliphatic heterocycles. The molecule has 0 bridgehead atoms. The Morgan fingerprint density at radius 3 is 2.50 bits per heavy atom. The van der Waals surface area contributed by atoms with Crippen LogP contribution >= 0.6 is 24.6 Å². The van der Waals surface area contributed by atoms with Crippen LogP contribution in [0.2, 0.25) is 0 Å². The summed E-state index contributed by atoms with van der Waals surface area (Å²) < 4.78 is 13.9. The molecule has 0 spiro atoms. The van der Waals surface area contributed by atoms with E-state index in [0.29, 0.717) is 0 Å². The van der Waals surface area contributed by atoms with Crippen LogP contribution in [-0.4, -0.2) is 0 Å². The van der Waals surface area contributed by atoms with Crippen molar-refractivity contribution in [2.45, 2.75) is 0 Å². The Balaban J connectivity index is 3.05. The lowest BCUT2D eigenvalue weighted by molar-refractivity contribution is 0.477. The van der Waals surface area contributed by atoms with Gasteiger partial charge in [-0.2, -0.15) is 0 Å². The first-order valence-corrected chi connectivity index (χ1v) is 2.64. The van der Waals surface area contributed by atoms with E-state index in [9.17, 15) is 4.57 Å². The van der Waals surface area contributed by atoms with Crippen LogP contribution < -0.4 is 0 Å². The monoisotopic (exact) mass is 168 g/mol. The molecule has 2 nitrogen and oxygen atoms in total. The fraction of sp³-hybridized carbons (Fsp3) is 0. The highest BCUT2D eigenvalue weighted by molar-refractivity contribution is 9.11. The van der Waals surface area contributed by atoms with Gasteiger partial charge in [-0.3, -0.25) is 0 Å². The fourth-order valence-corrected chi connectivity index (χ4v) is 0.299. The molecule has 0 aromatic heterocycles. The fourth-order valence-electron chi connectivity index (χ4n) is 0.0404. The Morgan fingerprint density at radius 2 is 2.50 bits per heavy atom. The van der Waals surface area contributed by atoms with Gasteiger partial charge in [-0.15, -0.1) is 0 Å². The van der Waals surface area contributed by atoms with Crippen molar-refractivity contribution >= 4 is 24.6 Å². The molecule has 0 atom stereocenters. The SMILES string of the molecule is C=C(Br)OP=O. The quantitative estimate of drug-likeness (QED) is 0.467. The molecule has 6 heavy (non-hydrogen) atoms. The maximum atomic E-state index is 9.40. The van der Waals surface area contributed by atoms with Crippen LogP contribution in [0.5, 0.6) is 0 Å². The average Bonchev–Trinajstić information content (AvgIpc) is 1.35. The molecule has 0 aromatic carbocycles. The van der Waals surface area contributed by atoms with Gasteiger partial charge in [-0.25, -0.2) is 4.57 Å². The number of hydrogen-bond acceptors (Lipinski definition) is 2. The maximum Gasteiger partial charge on any atom is 0.396 e. The van der Waals surface area contributed by atoms with Crippen LogP contribution in [0, 0.1) is 0 Å². The van der Waals surface area contributed by atoms with E-state index in [-0.39, 0.29) is 13.4 Å². The van der Waals surface area contributed by atoms with Gasteiger partial charge in [0.15, 0.2) is 4.67 Å². The normalized spacial score (nSPS) is 8.17. The van der Waals surface area contributed by atoms with E-state index in [0.717, 1.165) is 0 Å². The minimum absolute atomic E-state index is 0.277. The molecular formula is C2H2BrO2P. The Hall–Kier alpha value is 0.120. The molecule has 0 unspecified atom stereocenters. The van der Waals surface area contributed by atoms with E-state index in [1.165, 1.54) is 0 Å². The first-order valence-electron chi connectivity index (χ1n) is 1.11. The molecule has 0 radical (unpaired) electrons. The van der Waals surface area contributed by atoms with Crippen molar-refractivity contribution in [2.24, 2.45) is 0 Å². The molecule has 0 heterocycles. The molecule has 0 saturated carbocycles. The van der Waals surface area contributed by atoms with Crippen LogP contribution in [0.15, 0.2) is 11.2 Å². The van der Waals surface area contributed by atoms with Crippen molar-refractivity contribution in [1.29, 1.82) is 0 Å². The highest BCUT2D eigenvalue weighted by Crippen LogP contribution is 2.09. The van der Waals surface area contributed by atoms with Crippen molar-refractivity contribution in [3.8, 4) is 0 Å². The van der Waals surface area contributed by atoms with E-state index in [2.05, 4.69) is 27.0 Å². The lowest BCUT2D eigenvalue weighted by Gasteiger charge is -1.81. The summed E-state index contributed by atoms with van der Waals surface area (Å²) in [5.41, 5.74) is 0. The zero-order chi connectivity index (χ0) is 4.99.